The normalized spacial score (nSPS) is 12.1. The molecule has 0 amide bonds. The van der Waals surface area contributed by atoms with Crippen molar-refractivity contribution in [3.8, 4) is 0 Å². The van der Waals surface area contributed by atoms with E-state index in [2.05, 4.69) is 5.32 Å². The maximum Gasteiger partial charge on any atom is 0.270 e. The van der Waals surface area contributed by atoms with E-state index in [1.54, 1.807) is 6.07 Å². The molecule has 0 saturated heterocycles. The highest BCUT2D eigenvalue weighted by atomic mass is 35.5. The lowest BCUT2D eigenvalue weighted by atomic mass is 10.1. The van der Waals surface area contributed by atoms with Crippen molar-refractivity contribution in [2.24, 2.45) is 0 Å². The minimum absolute atomic E-state index is 0.00509. The third-order valence-electron chi connectivity index (χ3n) is 3.22. The zero-order chi connectivity index (χ0) is 15.4. The Bertz CT molecular complexity index is 645. The number of nitro benzene ring substituents is 1. The molecule has 0 radical (unpaired) electrons. The molecule has 0 bridgehead atoms. The van der Waals surface area contributed by atoms with E-state index in [1.807, 2.05) is 31.2 Å². The van der Waals surface area contributed by atoms with E-state index >= 15 is 0 Å². The van der Waals surface area contributed by atoms with Crippen molar-refractivity contribution in [3.05, 3.63) is 73.8 Å². The number of benzene rings is 2. The molecule has 0 heterocycles. The summed E-state index contributed by atoms with van der Waals surface area (Å²) < 4.78 is 0. The number of halogens is 2. The molecule has 0 fully saturated rings. The second-order valence-corrected chi connectivity index (χ2v) is 5.53. The molecule has 110 valence electrons. The van der Waals surface area contributed by atoms with Gasteiger partial charge in [0.15, 0.2) is 0 Å². The molecular formula is C15H14Cl2N2O2. The first-order chi connectivity index (χ1) is 9.97. The predicted molar refractivity (Wildman–Crippen MR) is 84.8 cm³/mol. The molecule has 6 heteroatoms. The molecule has 0 aliphatic heterocycles. The van der Waals surface area contributed by atoms with E-state index in [1.165, 1.54) is 12.1 Å². The zero-order valence-corrected chi connectivity index (χ0v) is 12.9. The van der Waals surface area contributed by atoms with Crippen molar-refractivity contribution in [1.82, 2.24) is 5.32 Å². The molecule has 0 spiro atoms. The van der Waals surface area contributed by atoms with Gasteiger partial charge in [-0.2, -0.15) is 0 Å². The fourth-order valence-corrected chi connectivity index (χ4v) is 2.29. The molecule has 2 aromatic carbocycles. The summed E-state index contributed by atoms with van der Waals surface area (Å²) in [6.45, 7) is 2.56. The molecule has 2 rings (SSSR count). The number of nitrogens with one attached hydrogen (secondary N) is 1. The Morgan fingerprint density at radius 2 is 1.86 bits per heavy atom. The van der Waals surface area contributed by atoms with Crippen molar-refractivity contribution in [3.63, 3.8) is 0 Å². The minimum Gasteiger partial charge on any atom is -0.306 e. The number of hydrogen-bond acceptors (Lipinski definition) is 3. The van der Waals surface area contributed by atoms with Gasteiger partial charge in [0, 0.05) is 29.7 Å². The quantitative estimate of drug-likeness (QED) is 0.637. The second kappa shape index (κ2) is 6.89. The van der Waals surface area contributed by atoms with E-state index in [4.69, 9.17) is 23.2 Å². The van der Waals surface area contributed by atoms with Gasteiger partial charge in [-0.25, -0.2) is 0 Å². The SMILES string of the molecule is C[C@H](NCc1ccc([N+](=O)[O-])cc1Cl)c1ccc(Cl)cc1. The Balaban J connectivity index is 2.02. The maximum atomic E-state index is 10.7. The molecular weight excluding hydrogens is 311 g/mol. The predicted octanol–water partition coefficient (Wildman–Crippen LogP) is 4.75. The summed E-state index contributed by atoms with van der Waals surface area (Å²) in [5, 5.41) is 15.1. The van der Waals surface area contributed by atoms with Crippen LogP contribution in [-0.2, 0) is 6.54 Å². The Morgan fingerprint density at radius 3 is 2.43 bits per heavy atom. The number of nitro groups is 1. The number of non-ortho nitro benzene ring substituents is 1. The van der Waals surface area contributed by atoms with Gasteiger partial charge in [0.1, 0.15) is 0 Å². The van der Waals surface area contributed by atoms with Crippen molar-refractivity contribution in [2.75, 3.05) is 0 Å². The van der Waals surface area contributed by atoms with Gasteiger partial charge in [0.25, 0.3) is 5.69 Å². The molecule has 1 N–H and O–H groups in total. The van der Waals surface area contributed by atoms with Crippen molar-refractivity contribution in [2.45, 2.75) is 19.5 Å². The van der Waals surface area contributed by atoms with Crippen LogP contribution in [0.3, 0.4) is 0 Å². The smallest absolute Gasteiger partial charge is 0.270 e. The Hall–Kier alpha value is -1.62. The fourth-order valence-electron chi connectivity index (χ4n) is 1.93. The summed E-state index contributed by atoms with van der Waals surface area (Å²) in [4.78, 5) is 10.2. The zero-order valence-electron chi connectivity index (χ0n) is 11.3. The summed E-state index contributed by atoms with van der Waals surface area (Å²) in [5.41, 5.74) is 1.93. The van der Waals surface area contributed by atoms with Gasteiger partial charge in [-0.05, 0) is 36.2 Å². The Labute approximate surface area is 132 Å². The van der Waals surface area contributed by atoms with Crippen LogP contribution >= 0.6 is 23.2 Å². The molecule has 0 saturated carbocycles. The van der Waals surface area contributed by atoms with Crippen LogP contribution in [0.4, 0.5) is 5.69 Å². The topological polar surface area (TPSA) is 55.2 Å². The maximum absolute atomic E-state index is 10.7. The summed E-state index contributed by atoms with van der Waals surface area (Å²) in [6, 6.07) is 12.2. The van der Waals surface area contributed by atoms with Crippen molar-refractivity contribution in [1.29, 1.82) is 0 Å². The van der Waals surface area contributed by atoms with Crippen LogP contribution in [0.1, 0.15) is 24.1 Å². The van der Waals surface area contributed by atoms with Gasteiger partial charge >= 0.3 is 0 Å². The Kier molecular flexibility index (Phi) is 5.17. The highest BCUT2D eigenvalue weighted by Crippen LogP contribution is 2.23. The third-order valence-corrected chi connectivity index (χ3v) is 3.82. The molecule has 2 aromatic rings. The summed E-state index contributed by atoms with van der Waals surface area (Å²) in [7, 11) is 0. The van der Waals surface area contributed by atoms with Gasteiger partial charge < -0.3 is 5.32 Å². The van der Waals surface area contributed by atoms with Gasteiger partial charge in [-0.15, -0.1) is 0 Å². The van der Waals surface area contributed by atoms with Crippen LogP contribution in [0.5, 0.6) is 0 Å². The van der Waals surface area contributed by atoms with Crippen LogP contribution in [0, 0.1) is 10.1 Å². The summed E-state index contributed by atoms with van der Waals surface area (Å²) >= 11 is 11.9. The molecule has 21 heavy (non-hydrogen) atoms. The van der Waals surface area contributed by atoms with E-state index in [9.17, 15) is 10.1 Å². The largest absolute Gasteiger partial charge is 0.306 e. The lowest BCUT2D eigenvalue weighted by Gasteiger charge is -2.15. The van der Waals surface area contributed by atoms with Gasteiger partial charge in [-0.3, -0.25) is 10.1 Å². The minimum atomic E-state index is -0.459. The number of rotatable bonds is 5. The molecule has 0 aliphatic carbocycles. The Morgan fingerprint density at radius 1 is 1.19 bits per heavy atom. The molecule has 4 nitrogen and oxygen atoms in total. The van der Waals surface area contributed by atoms with Gasteiger partial charge in [-0.1, -0.05) is 35.3 Å². The van der Waals surface area contributed by atoms with E-state index < -0.39 is 4.92 Å². The highest BCUT2D eigenvalue weighted by Gasteiger charge is 2.11. The highest BCUT2D eigenvalue weighted by molar-refractivity contribution is 6.31. The first kappa shape index (κ1) is 15.8. The average molecular weight is 325 g/mol. The van der Waals surface area contributed by atoms with E-state index in [0.29, 0.717) is 16.6 Å². The van der Waals surface area contributed by atoms with Crippen molar-refractivity contribution >= 4 is 28.9 Å². The molecule has 0 unspecified atom stereocenters. The number of hydrogen-bond donors (Lipinski definition) is 1. The fraction of sp³-hybridized carbons (Fsp3) is 0.200. The van der Waals surface area contributed by atoms with E-state index in [-0.39, 0.29) is 11.7 Å². The van der Waals surface area contributed by atoms with Crippen LogP contribution in [0.2, 0.25) is 10.0 Å². The van der Waals surface area contributed by atoms with Crippen LogP contribution in [-0.4, -0.2) is 4.92 Å². The second-order valence-electron chi connectivity index (χ2n) is 4.69. The lowest BCUT2D eigenvalue weighted by molar-refractivity contribution is -0.384. The molecule has 1 atom stereocenters. The average Bonchev–Trinajstić information content (AvgIpc) is 2.46. The molecule has 0 aromatic heterocycles. The van der Waals surface area contributed by atoms with Crippen LogP contribution in [0.25, 0.3) is 0 Å². The van der Waals surface area contributed by atoms with Crippen LogP contribution in [0.15, 0.2) is 42.5 Å². The van der Waals surface area contributed by atoms with E-state index in [0.717, 1.165) is 11.1 Å². The summed E-state index contributed by atoms with van der Waals surface area (Å²) in [5.74, 6) is 0. The van der Waals surface area contributed by atoms with Crippen molar-refractivity contribution < 1.29 is 4.92 Å². The molecule has 0 aliphatic rings. The van der Waals surface area contributed by atoms with Crippen LogP contribution < -0.4 is 5.32 Å². The lowest BCUT2D eigenvalue weighted by Crippen LogP contribution is -2.18. The van der Waals surface area contributed by atoms with Gasteiger partial charge in [0.05, 0.1) is 9.95 Å². The standard InChI is InChI=1S/C15H14Cl2N2O2/c1-10(11-2-5-13(16)6-3-11)18-9-12-4-7-14(19(20)21)8-15(12)17/h2-8,10,18H,9H2,1H3/t10-/m0/s1. The number of nitrogens with zero attached hydrogens (tertiary/aromatic N) is 1. The monoisotopic (exact) mass is 324 g/mol. The third kappa shape index (κ3) is 4.17. The first-order valence-corrected chi connectivity index (χ1v) is 7.14. The summed E-state index contributed by atoms with van der Waals surface area (Å²) in [6.07, 6.45) is 0. The first-order valence-electron chi connectivity index (χ1n) is 6.39. The van der Waals surface area contributed by atoms with Gasteiger partial charge in [0.2, 0.25) is 0 Å².